The number of hydrogen-bond acceptors (Lipinski definition) is 3. The van der Waals surface area contributed by atoms with Crippen LogP contribution in [0.3, 0.4) is 0 Å². The molecular formula is C13H23NO4. The summed E-state index contributed by atoms with van der Waals surface area (Å²) in [4.78, 5) is 24.4. The van der Waals surface area contributed by atoms with Crippen LogP contribution in [-0.2, 0) is 14.3 Å². The van der Waals surface area contributed by atoms with E-state index in [0.717, 1.165) is 19.4 Å². The summed E-state index contributed by atoms with van der Waals surface area (Å²) in [7, 11) is 1.60. The van der Waals surface area contributed by atoms with E-state index in [4.69, 9.17) is 9.84 Å². The topological polar surface area (TPSA) is 66.8 Å². The van der Waals surface area contributed by atoms with E-state index in [0.29, 0.717) is 25.3 Å². The van der Waals surface area contributed by atoms with Gasteiger partial charge in [0.05, 0.1) is 12.5 Å². The van der Waals surface area contributed by atoms with E-state index in [1.807, 2.05) is 11.8 Å². The minimum absolute atomic E-state index is 0.0584. The van der Waals surface area contributed by atoms with Crippen LogP contribution in [0.4, 0.5) is 0 Å². The summed E-state index contributed by atoms with van der Waals surface area (Å²) in [6, 6.07) is 0. The Morgan fingerprint density at radius 3 is 2.83 bits per heavy atom. The van der Waals surface area contributed by atoms with Gasteiger partial charge < -0.3 is 14.7 Å². The predicted molar refractivity (Wildman–Crippen MR) is 67.3 cm³/mol. The Balaban J connectivity index is 2.38. The first-order valence-corrected chi connectivity index (χ1v) is 6.55. The number of hydrogen-bond donors (Lipinski definition) is 1. The quantitative estimate of drug-likeness (QED) is 0.783. The second kappa shape index (κ2) is 7.36. The van der Waals surface area contributed by atoms with Crippen molar-refractivity contribution < 1.29 is 19.4 Å². The molecule has 2 unspecified atom stereocenters. The highest BCUT2D eigenvalue weighted by Crippen LogP contribution is 2.21. The Morgan fingerprint density at radius 2 is 2.22 bits per heavy atom. The lowest BCUT2D eigenvalue weighted by molar-refractivity contribution is -0.137. The predicted octanol–water partition coefficient (Wildman–Crippen LogP) is 1.51. The van der Waals surface area contributed by atoms with Gasteiger partial charge in [0.1, 0.15) is 0 Å². The Morgan fingerprint density at radius 1 is 1.50 bits per heavy atom. The Hall–Kier alpha value is -1.10. The lowest BCUT2D eigenvalue weighted by Gasteiger charge is -2.33. The maximum Gasteiger partial charge on any atom is 0.303 e. The van der Waals surface area contributed by atoms with Crippen LogP contribution in [-0.4, -0.2) is 48.2 Å². The molecule has 5 nitrogen and oxygen atoms in total. The van der Waals surface area contributed by atoms with Crippen LogP contribution in [0.2, 0.25) is 0 Å². The number of carbonyl (C=O) groups is 2. The van der Waals surface area contributed by atoms with E-state index < -0.39 is 5.97 Å². The lowest BCUT2D eigenvalue weighted by Crippen LogP contribution is -2.41. The molecule has 1 heterocycles. The molecule has 0 aromatic heterocycles. The van der Waals surface area contributed by atoms with E-state index in [1.165, 1.54) is 0 Å². The third kappa shape index (κ3) is 5.04. The van der Waals surface area contributed by atoms with Crippen LogP contribution >= 0.6 is 0 Å². The van der Waals surface area contributed by atoms with Crippen LogP contribution in [0.1, 0.15) is 39.0 Å². The van der Waals surface area contributed by atoms with Gasteiger partial charge in [-0.1, -0.05) is 0 Å². The van der Waals surface area contributed by atoms with E-state index in [-0.39, 0.29) is 18.4 Å². The van der Waals surface area contributed by atoms with Gasteiger partial charge in [-0.2, -0.15) is 0 Å². The highest BCUT2D eigenvalue weighted by atomic mass is 16.5. The van der Waals surface area contributed by atoms with Gasteiger partial charge in [-0.25, -0.2) is 0 Å². The minimum Gasteiger partial charge on any atom is -0.481 e. The Labute approximate surface area is 108 Å². The van der Waals surface area contributed by atoms with Gasteiger partial charge >= 0.3 is 5.97 Å². The molecular weight excluding hydrogens is 234 g/mol. The fourth-order valence-electron chi connectivity index (χ4n) is 2.31. The number of ether oxygens (including phenoxy) is 1. The largest absolute Gasteiger partial charge is 0.481 e. The molecule has 0 radical (unpaired) electrons. The molecule has 0 aromatic carbocycles. The first-order chi connectivity index (χ1) is 8.52. The van der Waals surface area contributed by atoms with Crippen molar-refractivity contribution in [2.75, 3.05) is 20.2 Å². The molecule has 1 fully saturated rings. The van der Waals surface area contributed by atoms with Crippen LogP contribution in [0.15, 0.2) is 0 Å². The Bertz CT molecular complexity index is 293. The third-order valence-electron chi connectivity index (χ3n) is 3.50. The third-order valence-corrected chi connectivity index (χ3v) is 3.50. The summed E-state index contributed by atoms with van der Waals surface area (Å²) < 4.78 is 5.09. The standard InChI is InChI=1S/C13H23NO4/c1-10(18-2)8-12(15)14-7-3-4-11(9-14)5-6-13(16)17/h10-11H,3-9H2,1-2H3,(H,16,17). The van der Waals surface area contributed by atoms with E-state index in [2.05, 4.69) is 0 Å². The van der Waals surface area contributed by atoms with Crippen molar-refractivity contribution in [3.63, 3.8) is 0 Å². The monoisotopic (exact) mass is 257 g/mol. The maximum absolute atomic E-state index is 12.0. The van der Waals surface area contributed by atoms with Crippen molar-refractivity contribution in [2.24, 2.45) is 5.92 Å². The van der Waals surface area contributed by atoms with Crippen molar-refractivity contribution in [1.29, 1.82) is 0 Å². The number of carboxylic acid groups (broad SMARTS) is 1. The highest BCUT2D eigenvalue weighted by Gasteiger charge is 2.24. The smallest absolute Gasteiger partial charge is 0.303 e. The summed E-state index contributed by atoms with van der Waals surface area (Å²) in [6.45, 7) is 3.37. The summed E-state index contributed by atoms with van der Waals surface area (Å²) in [5.41, 5.74) is 0. The van der Waals surface area contributed by atoms with Crippen molar-refractivity contribution in [3.05, 3.63) is 0 Å². The summed E-state index contributed by atoms with van der Waals surface area (Å²) >= 11 is 0. The van der Waals surface area contributed by atoms with E-state index in [9.17, 15) is 9.59 Å². The molecule has 0 aliphatic carbocycles. The molecule has 1 aliphatic heterocycles. The molecule has 5 heteroatoms. The molecule has 1 saturated heterocycles. The molecule has 0 aromatic rings. The number of rotatable bonds is 6. The number of amides is 1. The zero-order valence-corrected chi connectivity index (χ0v) is 11.2. The summed E-state index contributed by atoms with van der Waals surface area (Å²) in [6.07, 6.45) is 3.20. The van der Waals surface area contributed by atoms with Gasteiger partial charge in [0.15, 0.2) is 0 Å². The van der Waals surface area contributed by atoms with Crippen LogP contribution in [0, 0.1) is 5.92 Å². The van der Waals surface area contributed by atoms with Gasteiger partial charge in [0.25, 0.3) is 0 Å². The minimum atomic E-state index is -0.758. The molecule has 0 spiro atoms. The van der Waals surface area contributed by atoms with Crippen molar-refractivity contribution in [2.45, 2.75) is 45.1 Å². The van der Waals surface area contributed by atoms with Crippen molar-refractivity contribution in [1.82, 2.24) is 4.90 Å². The number of carboxylic acids is 1. The molecule has 1 aliphatic rings. The molecule has 1 rings (SSSR count). The fourth-order valence-corrected chi connectivity index (χ4v) is 2.31. The zero-order chi connectivity index (χ0) is 13.5. The second-order valence-corrected chi connectivity index (χ2v) is 5.03. The number of aliphatic carboxylic acids is 1. The molecule has 18 heavy (non-hydrogen) atoms. The number of piperidine rings is 1. The number of likely N-dealkylation sites (tertiary alicyclic amines) is 1. The maximum atomic E-state index is 12.0. The molecule has 2 atom stereocenters. The Kier molecular flexibility index (Phi) is 6.12. The second-order valence-electron chi connectivity index (χ2n) is 5.03. The number of nitrogens with zero attached hydrogens (tertiary/aromatic N) is 1. The molecule has 104 valence electrons. The molecule has 0 saturated carbocycles. The van der Waals surface area contributed by atoms with Crippen molar-refractivity contribution >= 4 is 11.9 Å². The van der Waals surface area contributed by atoms with Gasteiger partial charge in [-0.05, 0) is 32.1 Å². The molecule has 0 bridgehead atoms. The molecule has 1 N–H and O–H groups in total. The van der Waals surface area contributed by atoms with E-state index in [1.54, 1.807) is 7.11 Å². The molecule has 1 amide bonds. The lowest BCUT2D eigenvalue weighted by atomic mass is 9.93. The van der Waals surface area contributed by atoms with Crippen LogP contribution in [0.5, 0.6) is 0 Å². The summed E-state index contributed by atoms with van der Waals surface area (Å²) in [5, 5.41) is 8.67. The van der Waals surface area contributed by atoms with Gasteiger partial charge in [0, 0.05) is 26.6 Å². The number of carbonyl (C=O) groups excluding carboxylic acids is 1. The average molecular weight is 257 g/mol. The highest BCUT2D eigenvalue weighted by molar-refractivity contribution is 5.76. The summed E-state index contributed by atoms with van der Waals surface area (Å²) in [5.74, 6) is -0.313. The number of methoxy groups -OCH3 is 1. The first-order valence-electron chi connectivity index (χ1n) is 6.55. The van der Waals surface area contributed by atoms with Gasteiger partial charge in [0.2, 0.25) is 5.91 Å². The zero-order valence-electron chi connectivity index (χ0n) is 11.2. The average Bonchev–Trinajstić information content (AvgIpc) is 2.36. The fraction of sp³-hybridized carbons (Fsp3) is 0.846. The van der Waals surface area contributed by atoms with E-state index >= 15 is 0 Å². The normalized spacial score (nSPS) is 21.7. The van der Waals surface area contributed by atoms with Gasteiger partial charge in [-0.15, -0.1) is 0 Å². The van der Waals surface area contributed by atoms with Crippen LogP contribution in [0.25, 0.3) is 0 Å². The van der Waals surface area contributed by atoms with Crippen LogP contribution < -0.4 is 0 Å². The SMILES string of the molecule is COC(C)CC(=O)N1CCCC(CCC(=O)O)C1. The van der Waals surface area contributed by atoms with Gasteiger partial charge in [-0.3, -0.25) is 9.59 Å². The first kappa shape index (κ1) is 15.0. The van der Waals surface area contributed by atoms with Crippen molar-refractivity contribution in [3.8, 4) is 0 Å².